The van der Waals surface area contributed by atoms with Gasteiger partial charge in [-0.15, -0.1) is 0 Å². The summed E-state index contributed by atoms with van der Waals surface area (Å²) in [5.41, 5.74) is 0.559. The van der Waals surface area contributed by atoms with Gasteiger partial charge in [0, 0.05) is 32.4 Å². The van der Waals surface area contributed by atoms with E-state index in [-0.39, 0.29) is 11.9 Å². The molecule has 2 aromatic heterocycles. The summed E-state index contributed by atoms with van der Waals surface area (Å²) in [6.45, 7) is 1.49. The number of carbonyl (C=O) groups excluding carboxylic acids is 1. The molecule has 1 saturated heterocycles. The van der Waals surface area contributed by atoms with Gasteiger partial charge >= 0.3 is 0 Å². The van der Waals surface area contributed by atoms with Crippen molar-refractivity contribution in [2.45, 2.75) is 18.9 Å². The number of nitrogens with one attached hydrogen (secondary N) is 1. The van der Waals surface area contributed by atoms with Gasteiger partial charge < -0.3 is 19.7 Å². The summed E-state index contributed by atoms with van der Waals surface area (Å²) < 4.78 is 12.0. The smallest absolute Gasteiger partial charge is 0.269 e. The predicted molar refractivity (Wildman–Crippen MR) is 91.0 cm³/mol. The minimum Gasteiger partial charge on any atom is -0.481 e. The maximum Gasteiger partial charge on any atom is 0.269 e. The maximum atomic E-state index is 12.3. The van der Waals surface area contributed by atoms with Crippen LogP contribution in [0.1, 0.15) is 23.3 Å². The number of rotatable bonds is 5. The lowest BCUT2D eigenvalue weighted by molar-refractivity contribution is 0.0921. The summed E-state index contributed by atoms with van der Waals surface area (Å²) in [4.78, 5) is 23.1. The van der Waals surface area contributed by atoms with Gasteiger partial charge in [-0.3, -0.25) is 9.48 Å². The molecule has 1 aliphatic heterocycles. The number of anilines is 1. The Labute approximate surface area is 146 Å². The monoisotopic (exact) mass is 346 g/mol. The molecule has 1 N–H and O–H groups in total. The second-order valence-electron chi connectivity index (χ2n) is 5.83. The molecule has 0 radical (unpaired) electrons. The number of nitrogens with zero attached hydrogens (tertiary/aromatic N) is 5. The molecule has 0 aliphatic carbocycles. The number of methoxy groups -OCH3 is 2. The van der Waals surface area contributed by atoms with Gasteiger partial charge in [-0.05, 0) is 18.9 Å². The molecule has 2 aromatic rings. The summed E-state index contributed by atoms with van der Waals surface area (Å²) in [7, 11) is 4.88. The molecular formula is C16H22N6O3. The molecule has 3 heterocycles. The first-order valence-corrected chi connectivity index (χ1v) is 8.11. The van der Waals surface area contributed by atoms with Crippen LogP contribution in [0.3, 0.4) is 0 Å². The molecule has 1 fully saturated rings. The topological polar surface area (TPSA) is 94.4 Å². The van der Waals surface area contributed by atoms with Crippen LogP contribution in [0.25, 0.3) is 0 Å². The van der Waals surface area contributed by atoms with E-state index in [1.165, 1.54) is 0 Å². The predicted octanol–water partition coefficient (Wildman–Crippen LogP) is 0.626. The highest BCUT2D eigenvalue weighted by Gasteiger charge is 2.24. The fourth-order valence-electron chi connectivity index (χ4n) is 2.82. The lowest BCUT2D eigenvalue weighted by atomic mass is 10.1. The average molecular weight is 346 g/mol. The first-order chi connectivity index (χ1) is 12.1. The summed E-state index contributed by atoms with van der Waals surface area (Å²) >= 11 is 0. The van der Waals surface area contributed by atoms with Gasteiger partial charge in [-0.25, -0.2) is 0 Å². The fourth-order valence-corrected chi connectivity index (χ4v) is 2.82. The van der Waals surface area contributed by atoms with Crippen LogP contribution in [-0.4, -0.2) is 59.0 Å². The largest absolute Gasteiger partial charge is 0.481 e. The van der Waals surface area contributed by atoms with E-state index in [2.05, 4.69) is 25.3 Å². The summed E-state index contributed by atoms with van der Waals surface area (Å²) in [5, 5.41) is 7.09. The highest BCUT2D eigenvalue weighted by molar-refractivity contribution is 5.92. The highest BCUT2D eigenvalue weighted by atomic mass is 16.5. The van der Waals surface area contributed by atoms with E-state index < -0.39 is 0 Å². The molecule has 3 rings (SSSR count). The van der Waals surface area contributed by atoms with Crippen molar-refractivity contribution in [3.63, 3.8) is 0 Å². The van der Waals surface area contributed by atoms with Crippen LogP contribution in [0.2, 0.25) is 0 Å². The van der Waals surface area contributed by atoms with E-state index in [4.69, 9.17) is 9.47 Å². The van der Waals surface area contributed by atoms with E-state index >= 15 is 0 Å². The molecule has 0 bridgehead atoms. The highest BCUT2D eigenvalue weighted by Crippen LogP contribution is 2.23. The SMILES string of the molecule is COc1cc(OC)nc(N2CCC(NC(=O)c3ccnn3C)CC2)n1. The molecule has 134 valence electrons. The van der Waals surface area contributed by atoms with Crippen molar-refractivity contribution in [1.82, 2.24) is 25.1 Å². The molecule has 1 amide bonds. The van der Waals surface area contributed by atoms with E-state index in [1.807, 2.05) is 0 Å². The molecule has 9 heteroatoms. The van der Waals surface area contributed by atoms with Crippen molar-refractivity contribution < 1.29 is 14.3 Å². The summed E-state index contributed by atoms with van der Waals surface area (Å²) in [5.74, 6) is 1.41. The average Bonchev–Trinajstić information content (AvgIpc) is 3.08. The third-order valence-electron chi connectivity index (χ3n) is 4.25. The molecular weight excluding hydrogens is 324 g/mol. The standard InChI is InChI=1S/C16H22N6O3/c1-21-12(4-7-17-21)15(23)18-11-5-8-22(9-6-11)16-19-13(24-2)10-14(20-16)25-3/h4,7,10-11H,5-6,8-9H2,1-3H3,(H,18,23). The molecule has 0 atom stereocenters. The van der Waals surface area contributed by atoms with Crippen LogP contribution in [0, 0.1) is 0 Å². The second-order valence-corrected chi connectivity index (χ2v) is 5.83. The zero-order chi connectivity index (χ0) is 17.8. The number of aryl methyl sites for hydroxylation is 1. The number of amides is 1. The Morgan fingerprint density at radius 2 is 1.84 bits per heavy atom. The van der Waals surface area contributed by atoms with Crippen LogP contribution in [-0.2, 0) is 7.05 Å². The van der Waals surface area contributed by atoms with Crippen LogP contribution < -0.4 is 19.7 Å². The number of hydrogen-bond acceptors (Lipinski definition) is 7. The normalized spacial score (nSPS) is 15.1. The van der Waals surface area contributed by atoms with Gasteiger partial charge in [0.2, 0.25) is 17.7 Å². The van der Waals surface area contributed by atoms with Gasteiger partial charge in [0.15, 0.2) is 0 Å². The van der Waals surface area contributed by atoms with Gasteiger partial charge in [-0.1, -0.05) is 0 Å². The number of carbonyl (C=O) groups is 1. The Hall–Kier alpha value is -2.84. The Morgan fingerprint density at radius 3 is 2.36 bits per heavy atom. The Bertz CT molecular complexity index is 717. The quantitative estimate of drug-likeness (QED) is 0.848. The van der Waals surface area contributed by atoms with E-state index in [1.54, 1.807) is 44.3 Å². The zero-order valence-electron chi connectivity index (χ0n) is 14.6. The van der Waals surface area contributed by atoms with E-state index in [0.29, 0.717) is 23.4 Å². The van der Waals surface area contributed by atoms with Crippen LogP contribution >= 0.6 is 0 Å². The molecule has 0 aromatic carbocycles. The van der Waals surface area contributed by atoms with Crippen molar-refractivity contribution in [1.29, 1.82) is 0 Å². The lowest BCUT2D eigenvalue weighted by Crippen LogP contribution is -2.45. The minimum absolute atomic E-state index is 0.0993. The van der Waals surface area contributed by atoms with Gasteiger partial charge in [0.1, 0.15) is 5.69 Å². The maximum absolute atomic E-state index is 12.3. The van der Waals surface area contributed by atoms with E-state index in [9.17, 15) is 4.79 Å². The van der Waals surface area contributed by atoms with Crippen molar-refractivity contribution in [3.8, 4) is 11.8 Å². The Morgan fingerprint density at radius 1 is 1.20 bits per heavy atom. The number of piperidine rings is 1. The van der Waals surface area contributed by atoms with Crippen molar-refractivity contribution in [2.24, 2.45) is 7.05 Å². The van der Waals surface area contributed by atoms with Crippen molar-refractivity contribution >= 4 is 11.9 Å². The van der Waals surface area contributed by atoms with Gasteiger partial charge in [-0.2, -0.15) is 15.1 Å². The van der Waals surface area contributed by atoms with Crippen molar-refractivity contribution in [2.75, 3.05) is 32.2 Å². The molecule has 9 nitrogen and oxygen atoms in total. The third kappa shape index (κ3) is 3.81. The van der Waals surface area contributed by atoms with Gasteiger partial charge in [0.25, 0.3) is 5.91 Å². The minimum atomic E-state index is -0.0993. The summed E-state index contributed by atoms with van der Waals surface area (Å²) in [6.07, 6.45) is 3.24. The van der Waals surface area contributed by atoms with E-state index in [0.717, 1.165) is 25.9 Å². The first kappa shape index (κ1) is 17.0. The Balaban J connectivity index is 1.60. The lowest BCUT2D eigenvalue weighted by Gasteiger charge is -2.32. The van der Waals surface area contributed by atoms with Crippen molar-refractivity contribution in [3.05, 3.63) is 24.0 Å². The number of aromatic nitrogens is 4. The van der Waals surface area contributed by atoms with Crippen LogP contribution in [0.5, 0.6) is 11.8 Å². The molecule has 0 saturated carbocycles. The zero-order valence-corrected chi connectivity index (χ0v) is 14.6. The first-order valence-electron chi connectivity index (χ1n) is 8.11. The number of ether oxygens (including phenoxy) is 2. The summed E-state index contributed by atoms with van der Waals surface area (Å²) in [6, 6.07) is 3.47. The molecule has 0 unspecified atom stereocenters. The molecule has 0 spiro atoms. The molecule has 25 heavy (non-hydrogen) atoms. The molecule has 1 aliphatic rings. The Kier molecular flexibility index (Phi) is 5.01. The fraction of sp³-hybridized carbons (Fsp3) is 0.500. The van der Waals surface area contributed by atoms with Gasteiger partial charge in [0.05, 0.1) is 20.3 Å². The van der Waals surface area contributed by atoms with Crippen LogP contribution in [0.4, 0.5) is 5.95 Å². The third-order valence-corrected chi connectivity index (χ3v) is 4.25. The number of hydrogen-bond donors (Lipinski definition) is 1. The second kappa shape index (κ2) is 7.37. The van der Waals surface area contributed by atoms with Crippen LogP contribution in [0.15, 0.2) is 18.3 Å².